The highest BCUT2D eigenvalue weighted by molar-refractivity contribution is 6.31. The molecular weight excluding hydrogens is 230 g/mol. The van der Waals surface area contributed by atoms with E-state index in [0.717, 1.165) is 0 Å². The number of nitrogens with two attached hydrogens (primary N) is 1. The lowest BCUT2D eigenvalue weighted by atomic mass is 10.2. The number of halogens is 1. The predicted octanol–water partition coefficient (Wildman–Crippen LogP) is 2.11. The van der Waals surface area contributed by atoms with Crippen molar-refractivity contribution in [3.8, 4) is 0 Å². The highest BCUT2D eigenvalue weighted by Gasteiger charge is 2.14. The van der Waals surface area contributed by atoms with Gasteiger partial charge in [0.05, 0.1) is 12.2 Å². The first-order chi connectivity index (χ1) is 7.54. The Morgan fingerprint density at radius 1 is 1.56 bits per heavy atom. The van der Waals surface area contributed by atoms with Crippen LogP contribution in [0.3, 0.4) is 0 Å². The molecule has 16 heavy (non-hydrogen) atoms. The van der Waals surface area contributed by atoms with E-state index in [1.807, 2.05) is 0 Å². The van der Waals surface area contributed by atoms with E-state index >= 15 is 0 Å². The molecule has 0 spiro atoms. The van der Waals surface area contributed by atoms with Crippen LogP contribution in [0, 0.1) is 0 Å². The zero-order chi connectivity index (χ0) is 12.1. The molecule has 88 valence electrons. The van der Waals surface area contributed by atoms with Crippen LogP contribution in [0.4, 0.5) is 5.69 Å². The first-order valence-corrected chi connectivity index (χ1v) is 5.17. The molecule has 1 aromatic rings. The van der Waals surface area contributed by atoms with Gasteiger partial charge in [-0.05, 0) is 25.1 Å². The van der Waals surface area contributed by atoms with Gasteiger partial charge in [0.25, 0.3) is 0 Å². The lowest BCUT2D eigenvalue weighted by Crippen LogP contribution is -2.20. The number of rotatable bonds is 4. The standard InChI is InChI=1S/C11H14ClNO3/c1-7(6-15-2)16-11(14)9-4-3-8(12)5-10(9)13/h3-5,7H,6,13H2,1-2H3. The van der Waals surface area contributed by atoms with E-state index in [-0.39, 0.29) is 6.10 Å². The molecule has 0 aromatic heterocycles. The number of benzene rings is 1. The summed E-state index contributed by atoms with van der Waals surface area (Å²) in [7, 11) is 1.54. The Morgan fingerprint density at radius 2 is 2.25 bits per heavy atom. The quantitative estimate of drug-likeness (QED) is 0.650. The Kier molecular flexibility index (Phi) is 4.58. The average molecular weight is 244 g/mol. The highest BCUT2D eigenvalue weighted by Crippen LogP contribution is 2.19. The van der Waals surface area contributed by atoms with Gasteiger partial charge in [-0.15, -0.1) is 0 Å². The van der Waals surface area contributed by atoms with Crippen LogP contribution in [0.25, 0.3) is 0 Å². The molecule has 0 bridgehead atoms. The fourth-order valence-electron chi connectivity index (χ4n) is 1.23. The van der Waals surface area contributed by atoms with Crippen molar-refractivity contribution in [3.63, 3.8) is 0 Å². The van der Waals surface area contributed by atoms with Gasteiger partial charge in [-0.25, -0.2) is 4.79 Å². The molecule has 0 aliphatic rings. The van der Waals surface area contributed by atoms with Gasteiger partial charge in [0.2, 0.25) is 0 Å². The summed E-state index contributed by atoms with van der Waals surface area (Å²) in [4.78, 5) is 11.7. The first-order valence-electron chi connectivity index (χ1n) is 4.79. The zero-order valence-electron chi connectivity index (χ0n) is 9.20. The van der Waals surface area contributed by atoms with Crippen molar-refractivity contribution in [3.05, 3.63) is 28.8 Å². The van der Waals surface area contributed by atoms with Crippen LogP contribution >= 0.6 is 11.6 Å². The molecule has 1 aromatic carbocycles. The summed E-state index contributed by atoms with van der Waals surface area (Å²) in [6.45, 7) is 2.09. The highest BCUT2D eigenvalue weighted by atomic mass is 35.5. The van der Waals surface area contributed by atoms with E-state index in [9.17, 15) is 4.79 Å². The van der Waals surface area contributed by atoms with Gasteiger partial charge in [-0.2, -0.15) is 0 Å². The molecule has 0 fully saturated rings. The van der Waals surface area contributed by atoms with Crippen molar-refractivity contribution in [1.29, 1.82) is 0 Å². The van der Waals surface area contributed by atoms with Crippen LogP contribution in [-0.4, -0.2) is 25.8 Å². The molecular formula is C11H14ClNO3. The number of carbonyl (C=O) groups excluding carboxylic acids is 1. The van der Waals surface area contributed by atoms with E-state index in [4.69, 9.17) is 26.8 Å². The minimum absolute atomic E-state index is 0.308. The van der Waals surface area contributed by atoms with Gasteiger partial charge in [-0.1, -0.05) is 11.6 Å². The molecule has 5 heteroatoms. The molecule has 0 aliphatic heterocycles. The summed E-state index contributed by atoms with van der Waals surface area (Å²) in [6, 6.07) is 4.65. The molecule has 0 aliphatic carbocycles. The Labute approximate surface area is 99.3 Å². The predicted molar refractivity (Wildman–Crippen MR) is 62.6 cm³/mol. The number of anilines is 1. The Hall–Kier alpha value is -1.26. The smallest absolute Gasteiger partial charge is 0.340 e. The SMILES string of the molecule is COCC(C)OC(=O)c1ccc(Cl)cc1N. The number of nitrogen functional groups attached to an aromatic ring is 1. The third-order valence-electron chi connectivity index (χ3n) is 1.94. The second-order valence-electron chi connectivity index (χ2n) is 3.40. The van der Waals surface area contributed by atoms with Gasteiger partial charge < -0.3 is 15.2 Å². The summed E-state index contributed by atoms with van der Waals surface area (Å²) >= 11 is 5.72. The van der Waals surface area contributed by atoms with Crippen LogP contribution in [0.2, 0.25) is 5.02 Å². The van der Waals surface area contributed by atoms with Crippen molar-refractivity contribution in [2.24, 2.45) is 0 Å². The van der Waals surface area contributed by atoms with Crippen molar-refractivity contribution < 1.29 is 14.3 Å². The summed E-state index contributed by atoms with van der Waals surface area (Å²) in [5, 5.41) is 0.485. The second-order valence-corrected chi connectivity index (χ2v) is 3.84. The Morgan fingerprint density at radius 3 is 2.81 bits per heavy atom. The molecule has 1 unspecified atom stereocenters. The number of hydrogen-bond donors (Lipinski definition) is 1. The van der Waals surface area contributed by atoms with E-state index in [1.54, 1.807) is 26.2 Å². The number of ether oxygens (including phenoxy) is 2. The van der Waals surface area contributed by atoms with Gasteiger partial charge >= 0.3 is 5.97 Å². The number of methoxy groups -OCH3 is 1. The van der Waals surface area contributed by atoms with Gasteiger partial charge in [0.1, 0.15) is 6.10 Å². The largest absolute Gasteiger partial charge is 0.457 e. The fourth-order valence-corrected chi connectivity index (χ4v) is 1.41. The number of carbonyl (C=O) groups is 1. The third-order valence-corrected chi connectivity index (χ3v) is 2.18. The Balaban J connectivity index is 2.73. The molecule has 2 N–H and O–H groups in total. The molecule has 1 rings (SSSR count). The summed E-state index contributed by atoms with van der Waals surface area (Å²) in [6.07, 6.45) is -0.312. The van der Waals surface area contributed by atoms with Crippen molar-refractivity contribution in [2.75, 3.05) is 19.5 Å². The summed E-state index contributed by atoms with van der Waals surface area (Å²) < 4.78 is 9.97. The normalized spacial score (nSPS) is 12.2. The van der Waals surface area contributed by atoms with E-state index in [1.165, 1.54) is 6.07 Å². The maximum atomic E-state index is 11.7. The Bertz CT molecular complexity index is 381. The minimum atomic E-state index is -0.473. The first kappa shape index (κ1) is 12.8. The van der Waals surface area contributed by atoms with Gasteiger partial charge in [0, 0.05) is 17.8 Å². The average Bonchev–Trinajstić information content (AvgIpc) is 2.17. The van der Waals surface area contributed by atoms with Crippen LogP contribution in [0.1, 0.15) is 17.3 Å². The monoisotopic (exact) mass is 243 g/mol. The molecule has 4 nitrogen and oxygen atoms in total. The van der Waals surface area contributed by atoms with Crippen molar-refractivity contribution in [2.45, 2.75) is 13.0 Å². The number of hydrogen-bond acceptors (Lipinski definition) is 4. The van der Waals surface area contributed by atoms with Crippen LogP contribution < -0.4 is 5.73 Å². The molecule has 0 saturated heterocycles. The van der Waals surface area contributed by atoms with E-state index in [0.29, 0.717) is 22.9 Å². The van der Waals surface area contributed by atoms with Crippen molar-refractivity contribution in [1.82, 2.24) is 0 Å². The third kappa shape index (κ3) is 3.40. The van der Waals surface area contributed by atoms with Gasteiger partial charge in [0.15, 0.2) is 0 Å². The molecule has 0 saturated carbocycles. The summed E-state index contributed by atoms with van der Waals surface area (Å²) in [5.74, 6) is -0.473. The van der Waals surface area contributed by atoms with E-state index < -0.39 is 5.97 Å². The number of esters is 1. The zero-order valence-corrected chi connectivity index (χ0v) is 9.95. The lowest BCUT2D eigenvalue weighted by molar-refractivity contribution is 0.0121. The maximum absolute atomic E-state index is 11.7. The minimum Gasteiger partial charge on any atom is -0.457 e. The van der Waals surface area contributed by atoms with Crippen LogP contribution in [0.15, 0.2) is 18.2 Å². The van der Waals surface area contributed by atoms with Crippen LogP contribution in [0.5, 0.6) is 0 Å². The fraction of sp³-hybridized carbons (Fsp3) is 0.364. The lowest BCUT2D eigenvalue weighted by Gasteiger charge is -2.13. The van der Waals surface area contributed by atoms with Crippen molar-refractivity contribution >= 4 is 23.3 Å². The molecule has 0 radical (unpaired) electrons. The van der Waals surface area contributed by atoms with Gasteiger partial charge in [-0.3, -0.25) is 0 Å². The van der Waals surface area contributed by atoms with Crippen LogP contribution in [-0.2, 0) is 9.47 Å². The molecule has 1 atom stereocenters. The molecule has 0 amide bonds. The topological polar surface area (TPSA) is 61.5 Å². The molecule has 0 heterocycles. The maximum Gasteiger partial charge on any atom is 0.340 e. The van der Waals surface area contributed by atoms with E-state index in [2.05, 4.69) is 0 Å². The summed E-state index contributed by atoms with van der Waals surface area (Å²) in [5.41, 5.74) is 6.28. The second kappa shape index (κ2) is 5.72.